The summed E-state index contributed by atoms with van der Waals surface area (Å²) in [5.41, 5.74) is -1.12. The number of rotatable bonds is 2. The number of aryl methyl sites for hydroxylation is 2. The van der Waals surface area contributed by atoms with Crippen LogP contribution in [0.25, 0.3) is 0 Å². The van der Waals surface area contributed by atoms with Crippen LogP contribution in [0.15, 0.2) is 35.7 Å². The first kappa shape index (κ1) is 19.2. The monoisotopic (exact) mass is 402 g/mol. The van der Waals surface area contributed by atoms with Gasteiger partial charge in [0, 0.05) is 10.4 Å². The third kappa shape index (κ3) is 2.08. The van der Waals surface area contributed by atoms with Gasteiger partial charge >= 0.3 is 0 Å². The number of thiophene rings is 1. The van der Waals surface area contributed by atoms with Crippen LogP contribution in [0.5, 0.6) is 0 Å². The summed E-state index contributed by atoms with van der Waals surface area (Å²) in [6, 6.07) is 15.7. The predicted molar refractivity (Wildman–Crippen MR) is 105 cm³/mol. The molecule has 0 radical (unpaired) electrons. The molecule has 1 aromatic carbocycles. The van der Waals surface area contributed by atoms with E-state index in [1.807, 2.05) is 49.6 Å². The highest BCUT2D eigenvalue weighted by molar-refractivity contribution is 7.10. The summed E-state index contributed by atoms with van der Waals surface area (Å²) < 4.78 is 12.4. The molecule has 4 rings (SSSR count). The van der Waals surface area contributed by atoms with E-state index in [-0.39, 0.29) is 0 Å². The van der Waals surface area contributed by atoms with Crippen LogP contribution in [0.4, 0.5) is 0 Å². The third-order valence-corrected chi connectivity index (χ3v) is 7.32. The zero-order chi connectivity index (χ0) is 21.0. The van der Waals surface area contributed by atoms with E-state index in [1.54, 1.807) is 6.92 Å². The Morgan fingerprint density at radius 3 is 2.21 bits per heavy atom. The lowest BCUT2D eigenvalue weighted by atomic mass is 9.54. The molecule has 1 N–H and O–H groups in total. The third-order valence-electron chi connectivity index (χ3n) is 6.26. The summed E-state index contributed by atoms with van der Waals surface area (Å²) >= 11 is 1.37. The maximum atomic E-state index is 10.3. The summed E-state index contributed by atoms with van der Waals surface area (Å²) in [4.78, 5) is 0.689. The Bertz CT molecular complexity index is 1120. The van der Waals surface area contributed by atoms with Crippen molar-refractivity contribution >= 4 is 17.2 Å². The number of nitrogens with zero attached hydrogens (tertiary/aromatic N) is 3. The van der Waals surface area contributed by atoms with Gasteiger partial charge in [-0.25, -0.2) is 0 Å². The Hall–Kier alpha value is -3.18. The molecule has 0 amide bonds. The molecular formula is C22H18N4O2S. The number of benzene rings is 1. The van der Waals surface area contributed by atoms with Gasteiger partial charge in [-0.05, 0) is 30.9 Å². The molecule has 2 saturated heterocycles. The average molecular weight is 402 g/mol. The Kier molecular flexibility index (Phi) is 4.07. The molecule has 4 atom stereocenters. The van der Waals surface area contributed by atoms with E-state index in [0.29, 0.717) is 10.4 Å². The SMILES string of the molecule is Cc1ccc(C23OC(=N)C(C#N)(C2C)C(C#N)(C#N)C(c2sccc2C)O3)cc1. The van der Waals surface area contributed by atoms with E-state index in [4.69, 9.17) is 14.9 Å². The van der Waals surface area contributed by atoms with Crippen molar-refractivity contribution in [3.05, 3.63) is 57.3 Å². The van der Waals surface area contributed by atoms with Crippen LogP contribution in [0.3, 0.4) is 0 Å². The second-order valence-corrected chi connectivity index (χ2v) is 8.55. The van der Waals surface area contributed by atoms with Crippen molar-refractivity contribution in [3.63, 3.8) is 0 Å². The maximum Gasteiger partial charge on any atom is 0.244 e. The van der Waals surface area contributed by atoms with Gasteiger partial charge in [-0.3, -0.25) is 5.41 Å². The van der Waals surface area contributed by atoms with Gasteiger partial charge in [-0.2, -0.15) is 15.8 Å². The highest BCUT2D eigenvalue weighted by Crippen LogP contribution is 2.69. The normalized spacial score (nSPS) is 31.9. The molecule has 4 unspecified atom stereocenters. The van der Waals surface area contributed by atoms with Crippen LogP contribution in [0.2, 0.25) is 0 Å². The molecule has 2 bridgehead atoms. The Morgan fingerprint density at radius 2 is 1.69 bits per heavy atom. The lowest BCUT2D eigenvalue weighted by Crippen LogP contribution is -2.57. The molecule has 144 valence electrons. The zero-order valence-electron chi connectivity index (χ0n) is 16.2. The van der Waals surface area contributed by atoms with Crippen LogP contribution < -0.4 is 0 Å². The molecule has 2 fully saturated rings. The van der Waals surface area contributed by atoms with Crippen molar-refractivity contribution in [2.24, 2.45) is 16.7 Å². The molecule has 3 heterocycles. The Morgan fingerprint density at radius 1 is 1.03 bits per heavy atom. The number of nitrogens with one attached hydrogen (secondary N) is 1. The smallest absolute Gasteiger partial charge is 0.244 e. The predicted octanol–water partition coefficient (Wildman–Crippen LogP) is 4.48. The largest absolute Gasteiger partial charge is 0.443 e. The van der Waals surface area contributed by atoms with Crippen LogP contribution in [-0.4, -0.2) is 5.90 Å². The molecule has 29 heavy (non-hydrogen) atoms. The van der Waals surface area contributed by atoms with E-state index in [0.717, 1.165) is 11.1 Å². The first-order valence-electron chi connectivity index (χ1n) is 9.13. The first-order valence-corrected chi connectivity index (χ1v) is 10.0. The van der Waals surface area contributed by atoms with E-state index in [9.17, 15) is 15.8 Å². The summed E-state index contributed by atoms with van der Waals surface area (Å²) in [5, 5.41) is 41.1. The topological polar surface area (TPSA) is 114 Å². The fourth-order valence-electron chi connectivity index (χ4n) is 4.54. The van der Waals surface area contributed by atoms with Gasteiger partial charge in [-0.15, -0.1) is 11.3 Å². The second kappa shape index (κ2) is 6.16. The van der Waals surface area contributed by atoms with E-state index in [1.165, 1.54) is 11.3 Å². The van der Waals surface area contributed by atoms with Crippen LogP contribution in [0.1, 0.15) is 34.6 Å². The average Bonchev–Trinajstić information content (AvgIpc) is 3.20. The quantitative estimate of drug-likeness (QED) is 0.796. The number of nitriles is 3. The van der Waals surface area contributed by atoms with Crippen molar-refractivity contribution < 1.29 is 9.47 Å². The van der Waals surface area contributed by atoms with Crippen molar-refractivity contribution in [3.8, 4) is 18.2 Å². The Labute approximate surface area is 173 Å². The summed E-state index contributed by atoms with van der Waals surface area (Å²) in [7, 11) is 0. The number of hydrogen-bond donors (Lipinski definition) is 1. The number of ether oxygens (including phenoxy) is 2. The van der Waals surface area contributed by atoms with Gasteiger partial charge in [0.25, 0.3) is 0 Å². The fourth-order valence-corrected chi connectivity index (χ4v) is 5.56. The van der Waals surface area contributed by atoms with Crippen molar-refractivity contribution in [2.75, 3.05) is 0 Å². The molecule has 2 aliphatic heterocycles. The highest BCUT2D eigenvalue weighted by atomic mass is 32.1. The van der Waals surface area contributed by atoms with Gasteiger partial charge in [0.1, 0.15) is 6.10 Å². The standard InChI is InChI=1S/C22H18N4O2S/c1-13-4-6-16(7-5-13)22-15(3)21(12-25,19(26)28-22)20(10-23,11-24)18(27-22)17-14(2)8-9-29-17/h4-9,15,18,26H,1-3H3. The minimum Gasteiger partial charge on any atom is -0.443 e. The van der Waals surface area contributed by atoms with Crippen molar-refractivity contribution in [1.82, 2.24) is 0 Å². The minimum atomic E-state index is -1.92. The molecule has 0 saturated carbocycles. The van der Waals surface area contributed by atoms with Gasteiger partial charge in [-0.1, -0.05) is 36.8 Å². The van der Waals surface area contributed by atoms with Crippen molar-refractivity contribution in [1.29, 1.82) is 21.2 Å². The lowest BCUT2D eigenvalue weighted by Gasteiger charge is -2.48. The van der Waals surface area contributed by atoms with E-state index >= 15 is 0 Å². The molecule has 0 spiro atoms. The van der Waals surface area contributed by atoms with E-state index < -0.39 is 34.5 Å². The molecule has 2 aliphatic rings. The zero-order valence-corrected chi connectivity index (χ0v) is 17.0. The lowest BCUT2D eigenvalue weighted by molar-refractivity contribution is -0.288. The van der Waals surface area contributed by atoms with Crippen molar-refractivity contribution in [2.45, 2.75) is 32.7 Å². The van der Waals surface area contributed by atoms with Gasteiger partial charge in [0.2, 0.25) is 17.1 Å². The molecule has 7 heteroatoms. The molecule has 0 aliphatic carbocycles. The van der Waals surface area contributed by atoms with Crippen LogP contribution >= 0.6 is 11.3 Å². The van der Waals surface area contributed by atoms with Gasteiger partial charge < -0.3 is 9.47 Å². The Balaban J connectivity index is 2.05. The maximum absolute atomic E-state index is 10.3. The molecule has 1 aromatic heterocycles. The number of fused-ring (bicyclic) bond motifs is 2. The fraction of sp³-hybridized carbons (Fsp3) is 0.364. The summed E-state index contributed by atoms with van der Waals surface area (Å²) in [5.74, 6) is -2.57. The summed E-state index contributed by atoms with van der Waals surface area (Å²) in [6.07, 6.45) is -1.03. The van der Waals surface area contributed by atoms with Gasteiger partial charge in [0.15, 0.2) is 5.41 Å². The molecule has 6 nitrogen and oxygen atoms in total. The van der Waals surface area contributed by atoms with Crippen LogP contribution in [0, 0.1) is 70.0 Å². The highest BCUT2D eigenvalue weighted by Gasteiger charge is 2.80. The minimum absolute atomic E-state index is 0.395. The number of hydrogen-bond acceptors (Lipinski definition) is 7. The van der Waals surface area contributed by atoms with E-state index in [2.05, 4.69) is 18.2 Å². The first-order chi connectivity index (χ1) is 13.8. The van der Waals surface area contributed by atoms with Crippen LogP contribution in [-0.2, 0) is 15.3 Å². The molecular weight excluding hydrogens is 384 g/mol. The second-order valence-electron chi connectivity index (χ2n) is 7.60. The van der Waals surface area contributed by atoms with Gasteiger partial charge in [0.05, 0.1) is 24.1 Å². The molecule has 2 aromatic rings. The summed E-state index contributed by atoms with van der Waals surface area (Å²) in [6.45, 7) is 5.54.